The van der Waals surface area contributed by atoms with Crippen molar-refractivity contribution < 1.29 is 27.5 Å². The van der Waals surface area contributed by atoms with E-state index in [0.717, 1.165) is 4.88 Å². The minimum Gasteiger partial charge on any atom is -0.493 e. The Labute approximate surface area is 174 Å². The number of esters is 1. The Kier molecular flexibility index (Phi) is 6.40. The van der Waals surface area contributed by atoms with Crippen LogP contribution in [0.1, 0.15) is 35.0 Å². The second kappa shape index (κ2) is 8.64. The Morgan fingerprint density at radius 1 is 1.17 bits per heavy atom. The molecule has 0 saturated carbocycles. The van der Waals surface area contributed by atoms with Crippen LogP contribution in [0.2, 0.25) is 0 Å². The van der Waals surface area contributed by atoms with Crippen LogP contribution in [-0.4, -0.2) is 44.7 Å². The van der Waals surface area contributed by atoms with Gasteiger partial charge in [0.2, 0.25) is 0 Å². The summed E-state index contributed by atoms with van der Waals surface area (Å²) in [6.45, 7) is 3.74. The minimum atomic E-state index is -3.63. The molecular formula is C20H23NO6S2. The molecule has 0 radical (unpaired) electrons. The first-order valence-electron chi connectivity index (χ1n) is 9.19. The standard InChI is InChI=1S/C20H23NO6S2/c1-13-6-9-19(28-13)29(24,25)21-10-4-5-16(12-21)20(23)27-17-8-7-15(14(2)22)11-18(17)26-3/h6-9,11,16H,4-5,10,12H2,1-3H3/t16-/m1/s1. The number of ketones is 1. The third kappa shape index (κ3) is 4.68. The van der Waals surface area contributed by atoms with Crippen LogP contribution in [-0.2, 0) is 14.8 Å². The summed E-state index contributed by atoms with van der Waals surface area (Å²) in [4.78, 5) is 25.1. The van der Waals surface area contributed by atoms with Crippen LogP contribution in [0.25, 0.3) is 0 Å². The molecule has 1 atom stereocenters. The molecule has 1 aromatic heterocycles. The molecule has 0 aliphatic carbocycles. The number of thiophene rings is 1. The second-order valence-corrected chi connectivity index (χ2v) is 10.4. The predicted molar refractivity (Wildman–Crippen MR) is 109 cm³/mol. The Bertz CT molecular complexity index is 1030. The first kappa shape index (κ1) is 21.5. The van der Waals surface area contributed by atoms with E-state index in [2.05, 4.69) is 0 Å². The number of aryl methyl sites for hydroxylation is 1. The van der Waals surface area contributed by atoms with Gasteiger partial charge in [-0.3, -0.25) is 9.59 Å². The van der Waals surface area contributed by atoms with Gasteiger partial charge >= 0.3 is 5.97 Å². The smallest absolute Gasteiger partial charge is 0.315 e. The van der Waals surface area contributed by atoms with Crippen molar-refractivity contribution in [1.82, 2.24) is 4.31 Å². The molecule has 1 saturated heterocycles. The van der Waals surface area contributed by atoms with Crippen LogP contribution in [0.15, 0.2) is 34.5 Å². The van der Waals surface area contributed by atoms with Gasteiger partial charge in [0.05, 0.1) is 13.0 Å². The summed E-state index contributed by atoms with van der Waals surface area (Å²) in [7, 11) is -2.20. The fourth-order valence-corrected chi connectivity index (χ4v) is 6.16. The molecule has 0 N–H and O–H groups in total. The van der Waals surface area contributed by atoms with Gasteiger partial charge in [-0.15, -0.1) is 11.3 Å². The summed E-state index contributed by atoms with van der Waals surface area (Å²) < 4.78 is 38.1. The van der Waals surface area contributed by atoms with Gasteiger partial charge in [0.15, 0.2) is 17.3 Å². The Hall–Kier alpha value is -2.23. The predicted octanol–water partition coefficient (Wildman–Crippen LogP) is 3.27. The summed E-state index contributed by atoms with van der Waals surface area (Å²) in [6.07, 6.45) is 1.12. The lowest BCUT2D eigenvalue weighted by Crippen LogP contribution is -2.43. The first-order chi connectivity index (χ1) is 13.7. The Morgan fingerprint density at radius 3 is 2.55 bits per heavy atom. The number of hydrogen-bond acceptors (Lipinski definition) is 7. The van der Waals surface area contributed by atoms with Crippen molar-refractivity contribution >= 4 is 33.1 Å². The molecule has 2 aromatic rings. The van der Waals surface area contributed by atoms with Crippen LogP contribution in [0.5, 0.6) is 11.5 Å². The molecule has 0 amide bonds. The van der Waals surface area contributed by atoms with Crippen LogP contribution < -0.4 is 9.47 Å². The van der Waals surface area contributed by atoms with E-state index in [9.17, 15) is 18.0 Å². The average Bonchev–Trinajstić information content (AvgIpc) is 3.15. The lowest BCUT2D eigenvalue weighted by molar-refractivity contribution is -0.140. The molecule has 156 valence electrons. The number of ether oxygens (including phenoxy) is 2. The number of sulfonamides is 1. The number of piperidine rings is 1. The highest BCUT2D eigenvalue weighted by Crippen LogP contribution is 2.32. The van der Waals surface area contributed by atoms with Crippen LogP contribution >= 0.6 is 11.3 Å². The molecule has 0 spiro atoms. The Morgan fingerprint density at radius 2 is 1.93 bits per heavy atom. The number of carbonyl (C=O) groups is 2. The van der Waals surface area contributed by atoms with Gasteiger partial charge in [-0.05, 0) is 57.0 Å². The SMILES string of the molecule is COc1cc(C(C)=O)ccc1OC(=O)[C@@H]1CCCN(S(=O)(=O)c2ccc(C)s2)C1. The van der Waals surface area contributed by atoms with Gasteiger partial charge in [-0.2, -0.15) is 4.31 Å². The van der Waals surface area contributed by atoms with Crippen molar-refractivity contribution in [2.24, 2.45) is 5.92 Å². The molecule has 3 rings (SSSR count). The topological polar surface area (TPSA) is 90.0 Å². The van der Waals surface area contributed by atoms with Crippen molar-refractivity contribution in [3.05, 3.63) is 40.8 Å². The van der Waals surface area contributed by atoms with Gasteiger partial charge in [-0.25, -0.2) is 8.42 Å². The summed E-state index contributed by atoms with van der Waals surface area (Å²) in [5, 5.41) is 0. The summed E-state index contributed by atoms with van der Waals surface area (Å²) >= 11 is 1.22. The lowest BCUT2D eigenvalue weighted by Gasteiger charge is -2.30. The highest BCUT2D eigenvalue weighted by molar-refractivity contribution is 7.91. The summed E-state index contributed by atoms with van der Waals surface area (Å²) in [6, 6.07) is 7.95. The zero-order chi connectivity index (χ0) is 21.2. The molecule has 0 bridgehead atoms. The van der Waals surface area contributed by atoms with E-state index in [1.165, 1.54) is 41.8 Å². The fraction of sp³-hybridized carbons (Fsp3) is 0.400. The van der Waals surface area contributed by atoms with Gasteiger partial charge in [0, 0.05) is 23.5 Å². The molecule has 7 nitrogen and oxygen atoms in total. The molecular weight excluding hydrogens is 414 g/mol. The number of nitrogens with zero attached hydrogens (tertiary/aromatic N) is 1. The van der Waals surface area contributed by atoms with E-state index in [1.54, 1.807) is 18.2 Å². The average molecular weight is 438 g/mol. The number of hydrogen-bond donors (Lipinski definition) is 0. The molecule has 29 heavy (non-hydrogen) atoms. The normalized spacial score (nSPS) is 17.7. The maximum atomic E-state index is 12.9. The van der Waals surface area contributed by atoms with Gasteiger partial charge < -0.3 is 9.47 Å². The van der Waals surface area contributed by atoms with E-state index in [0.29, 0.717) is 24.9 Å². The monoisotopic (exact) mass is 437 g/mol. The van der Waals surface area contributed by atoms with Crippen molar-refractivity contribution in [1.29, 1.82) is 0 Å². The van der Waals surface area contributed by atoms with Crippen molar-refractivity contribution in [3.63, 3.8) is 0 Å². The number of Topliss-reactive ketones (excluding diaryl/α,β-unsaturated/α-hetero) is 1. The molecule has 9 heteroatoms. The number of carbonyl (C=O) groups excluding carboxylic acids is 2. The largest absolute Gasteiger partial charge is 0.493 e. The zero-order valence-electron chi connectivity index (χ0n) is 16.5. The zero-order valence-corrected chi connectivity index (χ0v) is 18.1. The lowest BCUT2D eigenvalue weighted by atomic mass is 10.00. The molecule has 2 heterocycles. The van der Waals surface area contributed by atoms with Gasteiger partial charge in [0.25, 0.3) is 10.0 Å². The van der Waals surface area contributed by atoms with Crippen LogP contribution in [0, 0.1) is 12.8 Å². The highest BCUT2D eigenvalue weighted by Gasteiger charge is 2.35. The Balaban J connectivity index is 1.74. The fourth-order valence-electron chi connectivity index (χ4n) is 3.19. The molecule has 1 aromatic carbocycles. The van der Waals surface area contributed by atoms with E-state index < -0.39 is 21.9 Å². The third-order valence-electron chi connectivity index (χ3n) is 4.81. The van der Waals surface area contributed by atoms with E-state index in [1.807, 2.05) is 6.92 Å². The van der Waals surface area contributed by atoms with E-state index >= 15 is 0 Å². The van der Waals surface area contributed by atoms with Crippen molar-refractivity contribution in [2.45, 2.75) is 30.9 Å². The third-order valence-corrected chi connectivity index (χ3v) is 8.14. The molecule has 1 fully saturated rings. The number of benzene rings is 1. The maximum Gasteiger partial charge on any atom is 0.315 e. The quantitative estimate of drug-likeness (QED) is 0.391. The van der Waals surface area contributed by atoms with E-state index in [4.69, 9.17) is 9.47 Å². The number of rotatable bonds is 6. The van der Waals surface area contributed by atoms with Crippen molar-refractivity contribution in [3.8, 4) is 11.5 Å². The minimum absolute atomic E-state index is 0.0754. The van der Waals surface area contributed by atoms with Crippen molar-refractivity contribution in [2.75, 3.05) is 20.2 Å². The van der Waals surface area contributed by atoms with Crippen LogP contribution in [0.4, 0.5) is 0 Å². The van der Waals surface area contributed by atoms with Gasteiger partial charge in [0.1, 0.15) is 4.21 Å². The molecule has 1 aliphatic rings. The summed E-state index contributed by atoms with van der Waals surface area (Å²) in [5.41, 5.74) is 0.447. The molecule has 1 aliphatic heterocycles. The first-order valence-corrected chi connectivity index (χ1v) is 11.5. The second-order valence-electron chi connectivity index (χ2n) is 6.91. The highest BCUT2D eigenvalue weighted by atomic mass is 32.2. The maximum absolute atomic E-state index is 12.9. The van der Waals surface area contributed by atoms with Crippen LogP contribution in [0.3, 0.4) is 0 Å². The number of methoxy groups -OCH3 is 1. The summed E-state index contributed by atoms with van der Waals surface area (Å²) in [5.74, 6) is -0.729. The molecule has 0 unspecified atom stereocenters. The van der Waals surface area contributed by atoms with E-state index in [-0.39, 0.29) is 28.0 Å². The van der Waals surface area contributed by atoms with Gasteiger partial charge in [-0.1, -0.05) is 0 Å².